The number of allylic oxidation sites excluding steroid dienone is 5. The van der Waals surface area contributed by atoms with Crippen LogP contribution in [-0.2, 0) is 0 Å². The van der Waals surface area contributed by atoms with Crippen LogP contribution in [0.25, 0.3) is 17.0 Å². The molecule has 0 aliphatic carbocycles. The molecule has 2 heteroatoms. The van der Waals surface area contributed by atoms with Crippen molar-refractivity contribution in [3.63, 3.8) is 0 Å². The van der Waals surface area contributed by atoms with E-state index in [4.69, 9.17) is 0 Å². The Morgan fingerprint density at radius 3 is 2.71 bits per heavy atom. The molecular formula is C19H20N2. The van der Waals surface area contributed by atoms with Crippen LogP contribution in [0, 0.1) is 6.92 Å². The number of nitrogens with zero attached hydrogens (tertiary/aromatic N) is 2. The van der Waals surface area contributed by atoms with Crippen LogP contribution in [0.1, 0.15) is 25.1 Å². The van der Waals surface area contributed by atoms with Crippen LogP contribution in [0.2, 0.25) is 0 Å². The van der Waals surface area contributed by atoms with Gasteiger partial charge in [0, 0.05) is 17.5 Å². The first kappa shape index (κ1) is 14.9. The van der Waals surface area contributed by atoms with Crippen molar-refractivity contribution in [2.24, 2.45) is 0 Å². The van der Waals surface area contributed by atoms with Gasteiger partial charge in [-0.1, -0.05) is 48.6 Å². The molecule has 0 unspecified atom stereocenters. The summed E-state index contributed by atoms with van der Waals surface area (Å²) in [4.78, 5) is 8.79. The Labute approximate surface area is 126 Å². The number of hydrogen-bond acceptors (Lipinski definition) is 2. The zero-order chi connectivity index (χ0) is 15.2. The average Bonchev–Trinajstić information content (AvgIpc) is 2.52. The van der Waals surface area contributed by atoms with Gasteiger partial charge < -0.3 is 0 Å². The summed E-state index contributed by atoms with van der Waals surface area (Å²) in [5.74, 6) is 0.748. The molecule has 0 saturated heterocycles. The van der Waals surface area contributed by atoms with Crippen molar-refractivity contribution < 1.29 is 0 Å². The second kappa shape index (κ2) is 6.80. The number of aromatic nitrogens is 2. The maximum atomic E-state index is 4.46. The van der Waals surface area contributed by atoms with Crippen LogP contribution in [0.15, 0.2) is 66.9 Å². The molecule has 0 spiro atoms. The summed E-state index contributed by atoms with van der Waals surface area (Å²) < 4.78 is 0. The second-order valence-electron chi connectivity index (χ2n) is 4.99. The van der Waals surface area contributed by atoms with Gasteiger partial charge in [-0.2, -0.15) is 0 Å². The molecule has 106 valence electrons. The Hall–Kier alpha value is -2.48. The van der Waals surface area contributed by atoms with Gasteiger partial charge in [0.05, 0.1) is 0 Å². The SMILES string of the molecule is C=C(/C=C\C(C)=C/C)c1cccc(-c2nccc(C)n2)c1. The minimum atomic E-state index is 0.748. The maximum Gasteiger partial charge on any atom is 0.159 e. The molecule has 1 aromatic carbocycles. The highest BCUT2D eigenvalue weighted by molar-refractivity contribution is 5.75. The van der Waals surface area contributed by atoms with Gasteiger partial charge in [0.25, 0.3) is 0 Å². The van der Waals surface area contributed by atoms with Gasteiger partial charge in [-0.15, -0.1) is 0 Å². The van der Waals surface area contributed by atoms with Gasteiger partial charge in [-0.3, -0.25) is 0 Å². The maximum absolute atomic E-state index is 4.46. The fourth-order valence-corrected chi connectivity index (χ4v) is 1.87. The molecule has 1 aromatic heterocycles. The highest BCUT2D eigenvalue weighted by Crippen LogP contribution is 2.21. The number of rotatable bonds is 4. The van der Waals surface area contributed by atoms with Gasteiger partial charge >= 0.3 is 0 Å². The Kier molecular flexibility index (Phi) is 4.83. The van der Waals surface area contributed by atoms with Crippen LogP contribution >= 0.6 is 0 Å². The minimum Gasteiger partial charge on any atom is -0.237 e. The summed E-state index contributed by atoms with van der Waals surface area (Å²) in [6.45, 7) is 10.2. The lowest BCUT2D eigenvalue weighted by molar-refractivity contribution is 1.11. The highest BCUT2D eigenvalue weighted by Gasteiger charge is 2.03. The predicted octanol–water partition coefficient (Wildman–Crippen LogP) is 4.99. The lowest BCUT2D eigenvalue weighted by Crippen LogP contribution is -1.91. The molecule has 0 aliphatic heterocycles. The first-order valence-electron chi connectivity index (χ1n) is 7.00. The molecule has 0 atom stereocenters. The van der Waals surface area contributed by atoms with Gasteiger partial charge in [-0.25, -0.2) is 9.97 Å². The fourth-order valence-electron chi connectivity index (χ4n) is 1.87. The van der Waals surface area contributed by atoms with Crippen molar-refractivity contribution in [3.8, 4) is 11.4 Å². The normalized spacial score (nSPS) is 11.9. The molecule has 2 aromatic rings. The summed E-state index contributed by atoms with van der Waals surface area (Å²) in [6.07, 6.45) is 7.96. The van der Waals surface area contributed by atoms with Crippen LogP contribution in [0.5, 0.6) is 0 Å². The summed E-state index contributed by atoms with van der Waals surface area (Å²) in [7, 11) is 0. The van der Waals surface area contributed by atoms with E-state index in [1.165, 1.54) is 5.57 Å². The lowest BCUT2D eigenvalue weighted by atomic mass is 10.0. The van der Waals surface area contributed by atoms with E-state index in [-0.39, 0.29) is 0 Å². The molecule has 0 bridgehead atoms. The molecule has 0 fully saturated rings. The van der Waals surface area contributed by atoms with Crippen molar-refractivity contribution in [3.05, 3.63) is 78.2 Å². The zero-order valence-electron chi connectivity index (χ0n) is 12.8. The Morgan fingerprint density at radius 1 is 1.19 bits per heavy atom. The van der Waals surface area contributed by atoms with Crippen molar-refractivity contribution in [1.29, 1.82) is 0 Å². The molecular weight excluding hydrogens is 256 g/mol. The van der Waals surface area contributed by atoms with Crippen molar-refractivity contribution in [2.45, 2.75) is 20.8 Å². The molecule has 1 heterocycles. The van der Waals surface area contributed by atoms with E-state index >= 15 is 0 Å². The highest BCUT2D eigenvalue weighted by atomic mass is 14.9. The summed E-state index contributed by atoms with van der Waals surface area (Å²) in [5, 5.41) is 0. The summed E-state index contributed by atoms with van der Waals surface area (Å²) in [5.41, 5.74) is 5.25. The monoisotopic (exact) mass is 276 g/mol. The van der Waals surface area contributed by atoms with E-state index in [1.807, 2.05) is 38.1 Å². The third-order valence-electron chi connectivity index (χ3n) is 3.29. The molecule has 2 nitrogen and oxygen atoms in total. The van der Waals surface area contributed by atoms with Crippen molar-refractivity contribution in [2.75, 3.05) is 0 Å². The van der Waals surface area contributed by atoms with E-state index in [1.54, 1.807) is 6.20 Å². The zero-order valence-corrected chi connectivity index (χ0v) is 12.8. The van der Waals surface area contributed by atoms with Gasteiger partial charge in [0.15, 0.2) is 5.82 Å². The molecule has 0 radical (unpaired) electrons. The Balaban J connectivity index is 2.30. The molecule has 0 aliphatic rings. The van der Waals surface area contributed by atoms with Crippen LogP contribution in [0.4, 0.5) is 0 Å². The van der Waals surface area contributed by atoms with E-state index < -0.39 is 0 Å². The second-order valence-corrected chi connectivity index (χ2v) is 4.99. The molecule has 0 amide bonds. The van der Waals surface area contributed by atoms with Crippen LogP contribution in [-0.4, -0.2) is 9.97 Å². The Bertz CT molecular complexity index is 709. The Morgan fingerprint density at radius 2 is 2.00 bits per heavy atom. The number of benzene rings is 1. The first-order valence-corrected chi connectivity index (χ1v) is 7.00. The van der Waals surface area contributed by atoms with E-state index in [2.05, 4.69) is 47.8 Å². The van der Waals surface area contributed by atoms with Gasteiger partial charge in [-0.05, 0) is 44.0 Å². The average molecular weight is 276 g/mol. The number of hydrogen-bond donors (Lipinski definition) is 0. The molecule has 2 rings (SSSR count). The first-order chi connectivity index (χ1) is 10.1. The van der Waals surface area contributed by atoms with Crippen molar-refractivity contribution in [1.82, 2.24) is 9.97 Å². The molecule has 21 heavy (non-hydrogen) atoms. The molecule has 0 saturated carbocycles. The van der Waals surface area contributed by atoms with Crippen molar-refractivity contribution >= 4 is 5.57 Å². The third-order valence-corrected chi connectivity index (χ3v) is 3.29. The van der Waals surface area contributed by atoms with Gasteiger partial charge in [0.1, 0.15) is 0 Å². The van der Waals surface area contributed by atoms with E-state index in [0.717, 1.165) is 28.2 Å². The largest absolute Gasteiger partial charge is 0.237 e. The fraction of sp³-hybridized carbons (Fsp3) is 0.158. The topological polar surface area (TPSA) is 25.8 Å². The smallest absolute Gasteiger partial charge is 0.159 e. The number of aryl methyl sites for hydroxylation is 1. The lowest BCUT2D eigenvalue weighted by Gasteiger charge is -2.05. The van der Waals surface area contributed by atoms with E-state index in [0.29, 0.717) is 0 Å². The quantitative estimate of drug-likeness (QED) is 0.735. The van der Waals surface area contributed by atoms with Crippen LogP contribution in [0.3, 0.4) is 0 Å². The summed E-state index contributed by atoms with van der Waals surface area (Å²) >= 11 is 0. The van der Waals surface area contributed by atoms with Crippen LogP contribution < -0.4 is 0 Å². The van der Waals surface area contributed by atoms with E-state index in [9.17, 15) is 0 Å². The standard InChI is InChI=1S/C19H20N2/c1-5-14(2)9-10-15(3)17-7-6-8-18(13-17)19-20-12-11-16(4)21-19/h5-13H,3H2,1-2,4H3/b10-9-,14-5-. The predicted molar refractivity (Wildman–Crippen MR) is 89.8 cm³/mol. The third kappa shape index (κ3) is 3.99. The minimum absolute atomic E-state index is 0.748. The van der Waals surface area contributed by atoms with Gasteiger partial charge in [0.2, 0.25) is 0 Å². The summed E-state index contributed by atoms with van der Waals surface area (Å²) in [6, 6.07) is 10.1. The molecule has 0 N–H and O–H groups in total.